The minimum Gasteiger partial charge on any atom is -0.315 e. The zero-order chi connectivity index (χ0) is 15.5. The van der Waals surface area contributed by atoms with Gasteiger partial charge in [0, 0.05) is 11.4 Å². The van der Waals surface area contributed by atoms with E-state index in [4.69, 9.17) is 0 Å². The van der Waals surface area contributed by atoms with Crippen molar-refractivity contribution in [1.82, 2.24) is 4.98 Å². The molecular formula is C14H18N2O3S2. The van der Waals surface area contributed by atoms with Gasteiger partial charge in [-0.05, 0) is 37.5 Å². The van der Waals surface area contributed by atoms with Crippen LogP contribution in [0.2, 0.25) is 0 Å². The molecule has 2 aromatic rings. The first-order chi connectivity index (χ1) is 9.92. The molecule has 0 amide bonds. The van der Waals surface area contributed by atoms with Crippen LogP contribution >= 0.6 is 11.3 Å². The number of sulfonamides is 1. The molecule has 0 atom stereocenters. The van der Waals surface area contributed by atoms with Crippen LogP contribution in [0.1, 0.15) is 31.0 Å². The normalized spacial score (nSPS) is 11.5. The van der Waals surface area contributed by atoms with Crippen LogP contribution < -0.4 is 9.60 Å². The average Bonchev–Trinajstić information content (AvgIpc) is 2.77. The number of aryl methyl sites for hydroxylation is 2. The van der Waals surface area contributed by atoms with Crippen LogP contribution in [-0.2, 0) is 16.4 Å². The summed E-state index contributed by atoms with van der Waals surface area (Å²) in [5.74, 6) is 0. The van der Waals surface area contributed by atoms with Gasteiger partial charge >= 0.3 is 4.87 Å². The lowest BCUT2D eigenvalue weighted by Gasteiger charge is -2.07. The van der Waals surface area contributed by atoms with Crippen molar-refractivity contribution in [3.05, 3.63) is 45.2 Å². The highest BCUT2D eigenvalue weighted by Crippen LogP contribution is 2.20. The monoisotopic (exact) mass is 326 g/mol. The molecule has 114 valence electrons. The molecule has 0 radical (unpaired) electrons. The Morgan fingerprint density at radius 1 is 1.24 bits per heavy atom. The number of H-pyrrole nitrogens is 1. The second kappa shape index (κ2) is 6.44. The van der Waals surface area contributed by atoms with Gasteiger partial charge in [-0.25, -0.2) is 8.42 Å². The van der Waals surface area contributed by atoms with Gasteiger partial charge in [-0.15, -0.1) is 0 Å². The predicted molar refractivity (Wildman–Crippen MR) is 85.5 cm³/mol. The van der Waals surface area contributed by atoms with Crippen LogP contribution in [-0.4, -0.2) is 13.4 Å². The van der Waals surface area contributed by atoms with E-state index in [0.717, 1.165) is 19.3 Å². The summed E-state index contributed by atoms with van der Waals surface area (Å²) < 4.78 is 27.0. The van der Waals surface area contributed by atoms with Gasteiger partial charge in [0.05, 0.1) is 0 Å². The van der Waals surface area contributed by atoms with Gasteiger partial charge in [0.25, 0.3) is 10.0 Å². The van der Waals surface area contributed by atoms with E-state index in [-0.39, 0.29) is 9.08 Å². The van der Waals surface area contributed by atoms with Crippen molar-refractivity contribution in [3.63, 3.8) is 0 Å². The molecule has 1 aromatic carbocycles. The lowest BCUT2D eigenvalue weighted by Crippen LogP contribution is -2.12. The second-order valence-corrected chi connectivity index (χ2v) is 7.69. The summed E-state index contributed by atoms with van der Waals surface area (Å²) in [6.45, 7) is 3.70. The number of aromatic amines is 1. The standard InChI is InChI=1S/C14H18N2O3S2/c1-3-4-5-11-6-8-12(9-7-11)16-21(18,19)13-10(2)15-14(17)20-13/h6-9,16H,3-5H2,1-2H3,(H,15,17). The Bertz CT molecular complexity index is 758. The summed E-state index contributed by atoms with van der Waals surface area (Å²) in [7, 11) is -3.72. The van der Waals surface area contributed by atoms with Crippen LogP contribution in [0.5, 0.6) is 0 Å². The lowest BCUT2D eigenvalue weighted by atomic mass is 10.1. The van der Waals surface area contributed by atoms with Gasteiger partial charge in [-0.3, -0.25) is 9.52 Å². The lowest BCUT2D eigenvalue weighted by molar-refractivity contribution is 0.602. The quantitative estimate of drug-likeness (QED) is 0.856. The number of thiazole rings is 1. The molecule has 0 bridgehead atoms. The van der Waals surface area contributed by atoms with Crippen molar-refractivity contribution in [1.29, 1.82) is 0 Å². The van der Waals surface area contributed by atoms with Gasteiger partial charge in [0.1, 0.15) is 0 Å². The molecule has 21 heavy (non-hydrogen) atoms. The van der Waals surface area contributed by atoms with Crippen LogP contribution in [0.15, 0.2) is 33.3 Å². The fraction of sp³-hybridized carbons (Fsp3) is 0.357. The van der Waals surface area contributed by atoms with E-state index in [1.807, 2.05) is 12.1 Å². The zero-order valence-electron chi connectivity index (χ0n) is 12.0. The largest absolute Gasteiger partial charge is 0.315 e. The Morgan fingerprint density at radius 3 is 2.43 bits per heavy atom. The van der Waals surface area contributed by atoms with Crippen molar-refractivity contribution in [2.45, 2.75) is 37.3 Å². The van der Waals surface area contributed by atoms with Gasteiger partial charge in [0.2, 0.25) is 0 Å². The van der Waals surface area contributed by atoms with E-state index in [2.05, 4.69) is 16.6 Å². The Kier molecular flexibility index (Phi) is 4.84. The third-order valence-corrected chi connectivity index (χ3v) is 6.04. The summed E-state index contributed by atoms with van der Waals surface area (Å²) in [6.07, 6.45) is 3.23. The molecule has 2 N–H and O–H groups in total. The molecule has 5 nitrogen and oxygen atoms in total. The maximum atomic E-state index is 12.2. The molecule has 0 unspecified atom stereocenters. The molecule has 0 spiro atoms. The van der Waals surface area contributed by atoms with E-state index in [9.17, 15) is 13.2 Å². The third kappa shape index (κ3) is 3.95. The molecular weight excluding hydrogens is 308 g/mol. The zero-order valence-corrected chi connectivity index (χ0v) is 13.6. The first kappa shape index (κ1) is 15.8. The van der Waals surface area contributed by atoms with E-state index in [0.29, 0.717) is 22.7 Å². The number of anilines is 1. The fourth-order valence-corrected chi connectivity index (χ4v) is 4.33. The average molecular weight is 326 g/mol. The minimum absolute atomic E-state index is 0.0301. The number of nitrogens with one attached hydrogen (secondary N) is 2. The minimum atomic E-state index is -3.72. The highest BCUT2D eigenvalue weighted by molar-refractivity contribution is 7.94. The first-order valence-electron chi connectivity index (χ1n) is 6.74. The highest BCUT2D eigenvalue weighted by Gasteiger charge is 2.20. The summed E-state index contributed by atoms with van der Waals surface area (Å²) in [4.78, 5) is 13.3. The molecule has 0 fully saturated rings. The Hall–Kier alpha value is -1.60. The van der Waals surface area contributed by atoms with Crippen molar-refractivity contribution in [2.75, 3.05) is 4.72 Å². The first-order valence-corrected chi connectivity index (χ1v) is 9.04. The van der Waals surface area contributed by atoms with Gasteiger partial charge in [0.15, 0.2) is 4.21 Å². The van der Waals surface area contributed by atoms with Crippen LogP contribution in [0.4, 0.5) is 5.69 Å². The number of rotatable bonds is 6. The topological polar surface area (TPSA) is 79.0 Å². The van der Waals surface area contributed by atoms with E-state index >= 15 is 0 Å². The van der Waals surface area contributed by atoms with Crippen LogP contribution in [0.25, 0.3) is 0 Å². The smallest absolute Gasteiger partial charge is 0.306 e. The van der Waals surface area contributed by atoms with Crippen molar-refractivity contribution >= 4 is 27.0 Å². The number of aromatic nitrogens is 1. The molecule has 7 heteroatoms. The summed E-state index contributed by atoms with van der Waals surface area (Å²) in [6, 6.07) is 7.32. The maximum Gasteiger partial charge on any atom is 0.306 e. The molecule has 2 rings (SSSR count). The van der Waals surface area contributed by atoms with E-state index in [1.54, 1.807) is 19.1 Å². The molecule has 0 aliphatic rings. The highest BCUT2D eigenvalue weighted by atomic mass is 32.2. The SMILES string of the molecule is CCCCc1ccc(NS(=O)(=O)c2sc(=O)[nH]c2C)cc1. The molecule has 0 aliphatic carbocycles. The molecule has 1 aromatic heterocycles. The maximum absolute atomic E-state index is 12.2. The predicted octanol–water partition coefficient (Wildman–Crippen LogP) is 2.89. The van der Waals surface area contributed by atoms with Crippen molar-refractivity contribution in [3.8, 4) is 0 Å². The van der Waals surface area contributed by atoms with E-state index in [1.165, 1.54) is 5.56 Å². The van der Waals surface area contributed by atoms with Gasteiger partial charge < -0.3 is 4.98 Å². The van der Waals surface area contributed by atoms with E-state index < -0.39 is 10.0 Å². The molecule has 0 aliphatic heterocycles. The van der Waals surface area contributed by atoms with Gasteiger partial charge in [-0.1, -0.05) is 36.8 Å². The Labute approximate surface area is 128 Å². The van der Waals surface area contributed by atoms with Gasteiger partial charge in [-0.2, -0.15) is 0 Å². The summed E-state index contributed by atoms with van der Waals surface area (Å²) in [5, 5.41) is 0. The van der Waals surface area contributed by atoms with Crippen LogP contribution in [0, 0.1) is 6.92 Å². The Balaban J connectivity index is 2.17. The Morgan fingerprint density at radius 2 is 1.90 bits per heavy atom. The third-order valence-electron chi connectivity index (χ3n) is 3.05. The number of hydrogen-bond acceptors (Lipinski definition) is 4. The molecule has 1 heterocycles. The summed E-state index contributed by atoms with van der Waals surface area (Å²) >= 11 is 0.693. The number of benzene rings is 1. The van der Waals surface area contributed by atoms with Crippen LogP contribution in [0.3, 0.4) is 0 Å². The molecule has 0 saturated carbocycles. The molecule has 0 saturated heterocycles. The number of hydrogen-bond donors (Lipinski definition) is 2. The van der Waals surface area contributed by atoms with Crippen molar-refractivity contribution in [2.24, 2.45) is 0 Å². The fourth-order valence-electron chi connectivity index (χ4n) is 1.97. The summed E-state index contributed by atoms with van der Waals surface area (Å²) in [5.41, 5.74) is 2.04. The number of unbranched alkanes of at least 4 members (excludes halogenated alkanes) is 1. The second-order valence-electron chi connectivity index (χ2n) is 4.83. The van der Waals surface area contributed by atoms with Crippen molar-refractivity contribution < 1.29 is 8.42 Å².